The van der Waals surface area contributed by atoms with Gasteiger partial charge in [-0.3, -0.25) is 0 Å². The van der Waals surface area contributed by atoms with Crippen LogP contribution < -0.4 is 0 Å². The van der Waals surface area contributed by atoms with Gasteiger partial charge in [0.25, 0.3) is 0 Å². The van der Waals surface area contributed by atoms with Gasteiger partial charge >= 0.3 is 0 Å². The molecule has 0 amide bonds. The highest BCUT2D eigenvalue weighted by Crippen LogP contribution is 2.68. The lowest BCUT2D eigenvalue weighted by Gasteiger charge is -2.21. The van der Waals surface area contributed by atoms with E-state index in [0.717, 1.165) is 6.42 Å². The Hall–Kier alpha value is -0.0400. The smallest absolute Gasteiger partial charge is 0.0733 e. The maximum absolute atomic E-state index is 10.1. The second kappa shape index (κ2) is 2.01. The predicted octanol–water partition coefficient (Wildman–Crippen LogP) is 2.34. The summed E-state index contributed by atoms with van der Waals surface area (Å²) in [5.74, 6) is 0.580. The fourth-order valence-corrected chi connectivity index (χ4v) is 2.68. The maximum atomic E-state index is 10.1. The number of hydrogen-bond acceptors (Lipinski definition) is 1. The van der Waals surface area contributed by atoms with Crippen molar-refractivity contribution in [2.45, 2.75) is 51.6 Å². The Morgan fingerprint density at radius 3 is 2.27 bits per heavy atom. The fourth-order valence-electron chi connectivity index (χ4n) is 2.68. The zero-order chi connectivity index (χ0) is 8.11. The first kappa shape index (κ1) is 7.60. The average molecular weight is 154 g/mol. The van der Waals surface area contributed by atoms with Crippen molar-refractivity contribution < 1.29 is 5.11 Å². The normalized spacial score (nSPS) is 45.5. The van der Waals surface area contributed by atoms with Gasteiger partial charge < -0.3 is 5.11 Å². The van der Waals surface area contributed by atoms with E-state index in [1.54, 1.807) is 0 Å². The van der Waals surface area contributed by atoms with E-state index >= 15 is 0 Å². The largest absolute Gasteiger partial charge is 0.389 e. The van der Waals surface area contributed by atoms with Crippen LogP contribution in [0.3, 0.4) is 0 Å². The summed E-state index contributed by atoms with van der Waals surface area (Å²) in [5, 5.41) is 10.1. The number of aliphatic hydroxyl groups is 1. The van der Waals surface area contributed by atoms with E-state index in [9.17, 15) is 5.11 Å². The average Bonchev–Trinajstić information content (AvgIpc) is 2.78. The Balaban J connectivity index is 2.04. The number of hydrogen-bond donors (Lipinski definition) is 1. The molecular weight excluding hydrogens is 136 g/mol. The molecule has 2 rings (SSSR count). The van der Waals surface area contributed by atoms with Gasteiger partial charge in [0.05, 0.1) is 5.60 Å². The lowest BCUT2D eigenvalue weighted by Crippen LogP contribution is -2.25. The van der Waals surface area contributed by atoms with E-state index in [2.05, 4.69) is 13.8 Å². The molecule has 0 radical (unpaired) electrons. The molecule has 1 nitrogen and oxygen atoms in total. The Kier molecular flexibility index (Phi) is 1.39. The molecule has 2 saturated carbocycles. The topological polar surface area (TPSA) is 20.2 Å². The minimum absolute atomic E-state index is 0.233. The van der Waals surface area contributed by atoms with Crippen LogP contribution >= 0.6 is 0 Å². The third-order valence-corrected chi connectivity index (χ3v) is 3.77. The van der Waals surface area contributed by atoms with Gasteiger partial charge in [0.1, 0.15) is 0 Å². The first-order valence-corrected chi connectivity index (χ1v) is 4.87. The molecule has 2 aliphatic carbocycles. The van der Waals surface area contributed by atoms with Crippen molar-refractivity contribution in [3.8, 4) is 0 Å². The minimum atomic E-state index is -0.233. The molecule has 0 aromatic rings. The molecule has 0 saturated heterocycles. The summed E-state index contributed by atoms with van der Waals surface area (Å²) in [6.45, 7) is 4.40. The molecule has 0 aliphatic heterocycles. The van der Waals surface area contributed by atoms with Crippen LogP contribution in [0.5, 0.6) is 0 Å². The van der Waals surface area contributed by atoms with Crippen LogP contribution in [0.2, 0.25) is 0 Å². The second-order valence-electron chi connectivity index (χ2n) is 4.56. The molecule has 11 heavy (non-hydrogen) atoms. The molecule has 64 valence electrons. The summed E-state index contributed by atoms with van der Waals surface area (Å²) in [5.41, 5.74) is 0.143. The highest BCUT2D eigenvalue weighted by atomic mass is 16.3. The Bertz CT molecular complexity index is 172. The van der Waals surface area contributed by atoms with E-state index in [1.807, 2.05) is 0 Å². The van der Waals surface area contributed by atoms with E-state index < -0.39 is 0 Å². The monoisotopic (exact) mass is 154 g/mol. The predicted molar refractivity (Wildman–Crippen MR) is 45.3 cm³/mol. The molecule has 2 fully saturated rings. The molecule has 0 aromatic carbocycles. The molecule has 0 spiro atoms. The second-order valence-corrected chi connectivity index (χ2v) is 4.56. The maximum Gasteiger partial charge on any atom is 0.0733 e. The van der Waals surface area contributed by atoms with Crippen LogP contribution in [0.25, 0.3) is 0 Å². The van der Waals surface area contributed by atoms with E-state index in [0.29, 0.717) is 11.3 Å². The lowest BCUT2D eigenvalue weighted by atomic mass is 9.90. The van der Waals surface area contributed by atoms with Crippen LogP contribution in [0.4, 0.5) is 0 Å². The van der Waals surface area contributed by atoms with Crippen molar-refractivity contribution in [1.29, 1.82) is 0 Å². The molecule has 0 bridgehead atoms. The van der Waals surface area contributed by atoms with E-state index in [1.165, 1.54) is 25.7 Å². The quantitative estimate of drug-likeness (QED) is 0.661. The summed E-state index contributed by atoms with van der Waals surface area (Å²) in [6, 6.07) is 0. The summed E-state index contributed by atoms with van der Waals surface area (Å²) >= 11 is 0. The summed E-state index contributed by atoms with van der Waals surface area (Å²) in [7, 11) is 0. The molecule has 2 unspecified atom stereocenters. The summed E-state index contributed by atoms with van der Waals surface area (Å²) < 4.78 is 0. The number of rotatable bonds is 3. The lowest BCUT2D eigenvalue weighted by molar-refractivity contribution is 0.0469. The van der Waals surface area contributed by atoms with Crippen molar-refractivity contribution in [1.82, 2.24) is 0 Å². The van der Waals surface area contributed by atoms with Gasteiger partial charge in [-0.1, -0.05) is 20.3 Å². The van der Waals surface area contributed by atoms with Gasteiger partial charge in [0.2, 0.25) is 0 Å². The highest BCUT2D eigenvalue weighted by molar-refractivity contribution is 5.18. The summed E-state index contributed by atoms with van der Waals surface area (Å²) in [6.07, 6.45) is 6.10. The van der Waals surface area contributed by atoms with Gasteiger partial charge in [0.15, 0.2) is 0 Å². The highest BCUT2D eigenvalue weighted by Gasteiger charge is 2.68. The third kappa shape index (κ3) is 0.868. The van der Waals surface area contributed by atoms with Gasteiger partial charge in [-0.2, -0.15) is 0 Å². The minimum Gasteiger partial charge on any atom is -0.389 e. The Labute approximate surface area is 68.8 Å². The fraction of sp³-hybridized carbons (Fsp3) is 1.00. The van der Waals surface area contributed by atoms with Gasteiger partial charge in [0, 0.05) is 0 Å². The Morgan fingerprint density at radius 1 is 1.45 bits per heavy atom. The van der Waals surface area contributed by atoms with Gasteiger partial charge in [-0.05, 0) is 37.0 Å². The van der Waals surface area contributed by atoms with Crippen LogP contribution in [0.1, 0.15) is 46.0 Å². The van der Waals surface area contributed by atoms with Crippen LogP contribution in [-0.2, 0) is 0 Å². The molecule has 0 heterocycles. The van der Waals surface area contributed by atoms with Gasteiger partial charge in [-0.25, -0.2) is 0 Å². The van der Waals surface area contributed by atoms with E-state index in [-0.39, 0.29) is 5.60 Å². The van der Waals surface area contributed by atoms with Crippen LogP contribution in [-0.4, -0.2) is 10.7 Å². The summed E-state index contributed by atoms with van der Waals surface area (Å²) in [4.78, 5) is 0. The van der Waals surface area contributed by atoms with Crippen molar-refractivity contribution in [3.05, 3.63) is 0 Å². The van der Waals surface area contributed by atoms with Gasteiger partial charge in [-0.15, -0.1) is 0 Å². The van der Waals surface area contributed by atoms with Crippen molar-refractivity contribution >= 4 is 0 Å². The van der Waals surface area contributed by atoms with Crippen molar-refractivity contribution in [2.24, 2.45) is 11.3 Å². The SMILES string of the molecule is CCCC1(C2(O)CC2C)CC1. The van der Waals surface area contributed by atoms with Crippen molar-refractivity contribution in [2.75, 3.05) is 0 Å². The zero-order valence-corrected chi connectivity index (χ0v) is 7.56. The molecule has 2 atom stereocenters. The van der Waals surface area contributed by atoms with Crippen LogP contribution in [0.15, 0.2) is 0 Å². The molecule has 1 N–H and O–H groups in total. The molecular formula is C10H18O. The third-order valence-electron chi connectivity index (χ3n) is 3.77. The first-order chi connectivity index (χ1) is 5.15. The zero-order valence-electron chi connectivity index (χ0n) is 7.56. The van der Waals surface area contributed by atoms with E-state index in [4.69, 9.17) is 0 Å². The molecule has 1 heteroatoms. The molecule has 0 aromatic heterocycles. The van der Waals surface area contributed by atoms with Crippen molar-refractivity contribution in [3.63, 3.8) is 0 Å². The van der Waals surface area contributed by atoms with Crippen LogP contribution in [0, 0.1) is 11.3 Å². The Morgan fingerprint density at radius 2 is 2.00 bits per heavy atom. The standard InChI is InChI=1S/C10H18O/c1-3-4-9(5-6-9)10(11)7-8(10)2/h8,11H,3-7H2,1-2H3. The first-order valence-electron chi connectivity index (χ1n) is 4.87. The molecule has 2 aliphatic rings.